The minimum absolute atomic E-state index is 0.0411. The zero-order valence-electron chi connectivity index (χ0n) is 17.0. The molecule has 7 heteroatoms. The Morgan fingerprint density at radius 3 is 2.32 bits per heavy atom. The molecule has 0 radical (unpaired) electrons. The summed E-state index contributed by atoms with van der Waals surface area (Å²) < 4.78 is 31.3. The number of rotatable bonds is 8. The van der Waals surface area contributed by atoms with Crippen molar-refractivity contribution in [2.24, 2.45) is 0 Å². The molecule has 0 aliphatic carbocycles. The molecule has 0 spiro atoms. The Kier molecular flexibility index (Phi) is 7.07. The van der Waals surface area contributed by atoms with Crippen LogP contribution in [0.2, 0.25) is 0 Å². The zero-order chi connectivity index (χ0) is 20.9. The predicted molar refractivity (Wildman–Crippen MR) is 112 cm³/mol. The Morgan fingerprint density at radius 1 is 1.11 bits per heavy atom. The summed E-state index contributed by atoms with van der Waals surface area (Å²) in [6.45, 7) is 7.33. The van der Waals surface area contributed by atoms with Gasteiger partial charge < -0.3 is 10.1 Å². The number of amides is 1. The number of sulfonamides is 1. The largest absolute Gasteiger partial charge is 0.491 e. The molecule has 1 N–H and O–H groups in total. The third kappa shape index (κ3) is 6.27. The molecular formula is C21H28N2O4S. The molecule has 1 amide bonds. The van der Waals surface area contributed by atoms with Gasteiger partial charge in [-0.2, -0.15) is 0 Å². The van der Waals surface area contributed by atoms with Crippen LogP contribution in [0.4, 0.5) is 5.69 Å². The van der Waals surface area contributed by atoms with Crippen molar-refractivity contribution >= 4 is 21.6 Å². The fourth-order valence-electron chi connectivity index (χ4n) is 2.74. The lowest BCUT2D eigenvalue weighted by Crippen LogP contribution is -2.41. The smallest absolute Gasteiger partial charge is 0.241 e. The number of nitrogens with one attached hydrogen (secondary N) is 1. The number of carbonyl (C=O) groups is 1. The maximum Gasteiger partial charge on any atom is 0.241 e. The van der Waals surface area contributed by atoms with Crippen LogP contribution in [0.3, 0.4) is 0 Å². The van der Waals surface area contributed by atoms with Gasteiger partial charge in [-0.15, -0.1) is 0 Å². The van der Waals surface area contributed by atoms with Gasteiger partial charge in [0, 0.05) is 6.07 Å². The molecule has 0 saturated carbocycles. The highest BCUT2D eigenvalue weighted by atomic mass is 32.2. The first kappa shape index (κ1) is 21.8. The molecule has 2 aromatic rings. The lowest BCUT2D eigenvalue weighted by atomic mass is 10.1. The van der Waals surface area contributed by atoms with E-state index in [-0.39, 0.29) is 24.6 Å². The van der Waals surface area contributed by atoms with E-state index in [0.29, 0.717) is 11.4 Å². The Labute approximate surface area is 167 Å². The second kappa shape index (κ2) is 9.10. The molecule has 0 aliphatic rings. The number of hydrogen-bond donors (Lipinski definition) is 1. The number of benzene rings is 2. The summed E-state index contributed by atoms with van der Waals surface area (Å²) in [5.41, 5.74) is 2.48. The first-order valence-electron chi connectivity index (χ1n) is 9.16. The number of hydrogen-bond acceptors (Lipinski definition) is 4. The molecule has 28 heavy (non-hydrogen) atoms. The van der Waals surface area contributed by atoms with Crippen LogP contribution < -0.4 is 14.4 Å². The van der Waals surface area contributed by atoms with Crippen molar-refractivity contribution in [2.45, 2.75) is 39.8 Å². The third-order valence-corrected chi connectivity index (χ3v) is 5.26. The maximum absolute atomic E-state index is 12.5. The highest BCUT2D eigenvalue weighted by Crippen LogP contribution is 2.24. The van der Waals surface area contributed by atoms with Gasteiger partial charge in [0.05, 0.1) is 24.1 Å². The van der Waals surface area contributed by atoms with Crippen LogP contribution in [0.15, 0.2) is 48.5 Å². The van der Waals surface area contributed by atoms with Crippen LogP contribution in [-0.2, 0) is 14.8 Å². The normalized spacial score (nSPS) is 12.5. The van der Waals surface area contributed by atoms with E-state index in [2.05, 4.69) is 5.32 Å². The number of carbonyl (C=O) groups excluding carboxylic acids is 1. The van der Waals surface area contributed by atoms with Gasteiger partial charge in [-0.3, -0.25) is 9.10 Å². The van der Waals surface area contributed by atoms with E-state index >= 15 is 0 Å². The average Bonchev–Trinajstić information content (AvgIpc) is 2.59. The Hall–Kier alpha value is -2.54. The predicted octanol–water partition coefficient (Wildman–Crippen LogP) is 3.43. The molecule has 1 unspecified atom stereocenters. The van der Waals surface area contributed by atoms with E-state index in [1.165, 1.54) is 0 Å². The SMILES string of the molecule is Cc1ccc(C(C)NC(=O)CN(c2cccc(OC(C)C)c2)S(C)(=O)=O)cc1. The van der Waals surface area contributed by atoms with Crippen LogP contribution in [0.25, 0.3) is 0 Å². The topological polar surface area (TPSA) is 75.7 Å². The van der Waals surface area contributed by atoms with E-state index < -0.39 is 10.0 Å². The van der Waals surface area contributed by atoms with Gasteiger partial charge >= 0.3 is 0 Å². The van der Waals surface area contributed by atoms with Crippen molar-refractivity contribution in [2.75, 3.05) is 17.1 Å². The Bertz CT molecular complexity index is 908. The molecule has 0 saturated heterocycles. The van der Waals surface area contributed by atoms with Crippen molar-refractivity contribution in [3.8, 4) is 5.75 Å². The van der Waals surface area contributed by atoms with E-state index in [4.69, 9.17) is 4.74 Å². The molecule has 0 bridgehead atoms. The van der Waals surface area contributed by atoms with Gasteiger partial charge in [-0.1, -0.05) is 35.9 Å². The van der Waals surface area contributed by atoms with E-state index in [9.17, 15) is 13.2 Å². The van der Waals surface area contributed by atoms with Crippen LogP contribution in [0.5, 0.6) is 5.75 Å². The van der Waals surface area contributed by atoms with Gasteiger partial charge in [0.1, 0.15) is 12.3 Å². The monoisotopic (exact) mass is 404 g/mol. The number of nitrogens with zero attached hydrogens (tertiary/aromatic N) is 1. The van der Waals surface area contributed by atoms with Crippen LogP contribution in [0, 0.1) is 6.92 Å². The summed E-state index contributed by atoms with van der Waals surface area (Å²) in [7, 11) is -3.65. The summed E-state index contributed by atoms with van der Waals surface area (Å²) >= 11 is 0. The molecule has 0 fully saturated rings. The van der Waals surface area contributed by atoms with Gasteiger partial charge in [0.2, 0.25) is 15.9 Å². The van der Waals surface area contributed by atoms with E-state index in [0.717, 1.165) is 21.7 Å². The molecule has 2 aromatic carbocycles. The molecule has 1 atom stereocenters. The van der Waals surface area contributed by atoms with Gasteiger partial charge in [-0.25, -0.2) is 8.42 Å². The Balaban J connectivity index is 2.16. The molecule has 0 heterocycles. The average molecular weight is 405 g/mol. The first-order chi connectivity index (χ1) is 13.1. The highest BCUT2D eigenvalue weighted by molar-refractivity contribution is 7.92. The van der Waals surface area contributed by atoms with Crippen LogP contribution in [0.1, 0.15) is 37.9 Å². The second-order valence-electron chi connectivity index (χ2n) is 7.13. The summed E-state index contributed by atoms with van der Waals surface area (Å²) in [6, 6.07) is 14.3. The fourth-order valence-corrected chi connectivity index (χ4v) is 3.59. The fraction of sp³-hybridized carbons (Fsp3) is 0.381. The molecule has 0 aliphatic heterocycles. The molecule has 2 rings (SSSR count). The third-order valence-electron chi connectivity index (χ3n) is 4.12. The summed E-state index contributed by atoms with van der Waals surface area (Å²) in [5.74, 6) is 0.170. The molecular weight excluding hydrogens is 376 g/mol. The lowest BCUT2D eigenvalue weighted by molar-refractivity contribution is -0.120. The number of anilines is 1. The van der Waals surface area contributed by atoms with Crippen molar-refractivity contribution in [3.05, 3.63) is 59.7 Å². The quantitative estimate of drug-likeness (QED) is 0.731. The zero-order valence-corrected chi connectivity index (χ0v) is 17.8. The Morgan fingerprint density at radius 2 is 1.75 bits per heavy atom. The summed E-state index contributed by atoms with van der Waals surface area (Å²) in [5, 5.41) is 2.86. The lowest BCUT2D eigenvalue weighted by Gasteiger charge is -2.24. The second-order valence-corrected chi connectivity index (χ2v) is 9.04. The van der Waals surface area contributed by atoms with Crippen molar-refractivity contribution in [1.82, 2.24) is 5.32 Å². The van der Waals surface area contributed by atoms with E-state index in [1.54, 1.807) is 24.3 Å². The van der Waals surface area contributed by atoms with Crippen molar-refractivity contribution < 1.29 is 17.9 Å². The molecule has 6 nitrogen and oxygen atoms in total. The van der Waals surface area contributed by atoms with Crippen molar-refractivity contribution in [1.29, 1.82) is 0 Å². The minimum Gasteiger partial charge on any atom is -0.491 e. The van der Waals surface area contributed by atoms with E-state index in [1.807, 2.05) is 52.0 Å². The van der Waals surface area contributed by atoms with Crippen LogP contribution >= 0.6 is 0 Å². The standard InChI is InChI=1S/C21H28N2O4S/c1-15(2)27-20-8-6-7-19(13-20)23(28(5,25)26)14-21(24)22-17(4)18-11-9-16(3)10-12-18/h6-13,15,17H,14H2,1-5H3,(H,22,24). The first-order valence-corrected chi connectivity index (χ1v) is 11.0. The highest BCUT2D eigenvalue weighted by Gasteiger charge is 2.22. The molecule has 152 valence electrons. The van der Waals surface area contributed by atoms with Crippen molar-refractivity contribution in [3.63, 3.8) is 0 Å². The van der Waals surface area contributed by atoms with Gasteiger partial charge in [-0.05, 0) is 45.4 Å². The number of aryl methyl sites for hydroxylation is 1. The summed E-state index contributed by atoms with van der Waals surface area (Å²) in [6.07, 6.45) is 1.04. The van der Waals surface area contributed by atoms with Gasteiger partial charge in [0.15, 0.2) is 0 Å². The maximum atomic E-state index is 12.5. The van der Waals surface area contributed by atoms with Gasteiger partial charge in [0.25, 0.3) is 0 Å². The van der Waals surface area contributed by atoms with Crippen LogP contribution in [-0.4, -0.2) is 33.2 Å². The minimum atomic E-state index is -3.65. The number of ether oxygens (including phenoxy) is 1. The molecule has 0 aromatic heterocycles. The summed E-state index contributed by atoms with van der Waals surface area (Å²) in [4.78, 5) is 12.5.